The summed E-state index contributed by atoms with van der Waals surface area (Å²) in [6, 6.07) is 9.81. The van der Waals surface area contributed by atoms with Crippen molar-refractivity contribution in [2.24, 2.45) is 0 Å². The molecule has 2 rings (SSSR count). The van der Waals surface area contributed by atoms with Crippen molar-refractivity contribution in [1.82, 2.24) is 10.3 Å². The van der Waals surface area contributed by atoms with E-state index < -0.39 is 0 Å². The number of likely N-dealkylation sites (N-methyl/N-ethyl adjacent to an activating group) is 1. The molecule has 2 aromatic rings. The molecule has 0 aliphatic rings. The summed E-state index contributed by atoms with van der Waals surface area (Å²) in [4.78, 5) is 4.12. The van der Waals surface area contributed by atoms with Crippen molar-refractivity contribution in [2.75, 3.05) is 7.05 Å². The Morgan fingerprint density at radius 3 is 2.72 bits per heavy atom. The van der Waals surface area contributed by atoms with Crippen molar-refractivity contribution in [3.05, 3.63) is 63.9 Å². The van der Waals surface area contributed by atoms with Gasteiger partial charge in [-0.3, -0.25) is 4.98 Å². The number of nitrogens with one attached hydrogen (secondary N) is 1. The highest BCUT2D eigenvalue weighted by Crippen LogP contribution is 2.31. The third kappa shape index (κ3) is 3.02. The topological polar surface area (TPSA) is 24.9 Å². The van der Waals surface area contributed by atoms with E-state index in [2.05, 4.69) is 16.4 Å². The maximum Gasteiger partial charge on any atom is 0.0640 e. The van der Waals surface area contributed by atoms with Crippen LogP contribution in [0.4, 0.5) is 0 Å². The van der Waals surface area contributed by atoms with Crippen molar-refractivity contribution in [3.8, 4) is 0 Å². The van der Waals surface area contributed by atoms with Crippen molar-refractivity contribution >= 4 is 23.2 Å². The fourth-order valence-electron chi connectivity index (χ4n) is 1.91. The molecule has 1 N–H and O–H groups in total. The first kappa shape index (κ1) is 13.3. The molecule has 0 saturated heterocycles. The molecule has 2 nitrogen and oxygen atoms in total. The van der Waals surface area contributed by atoms with Gasteiger partial charge in [0.1, 0.15) is 0 Å². The first-order valence-electron chi connectivity index (χ1n) is 5.72. The lowest BCUT2D eigenvalue weighted by Crippen LogP contribution is -2.19. The summed E-state index contributed by atoms with van der Waals surface area (Å²) in [6.45, 7) is 0. The van der Waals surface area contributed by atoms with E-state index in [1.54, 1.807) is 12.3 Å². The minimum Gasteiger partial charge on any atom is -0.313 e. The van der Waals surface area contributed by atoms with Crippen molar-refractivity contribution < 1.29 is 0 Å². The molecule has 0 saturated carbocycles. The smallest absolute Gasteiger partial charge is 0.0640 e. The maximum absolute atomic E-state index is 6.25. The zero-order chi connectivity index (χ0) is 13.0. The van der Waals surface area contributed by atoms with Gasteiger partial charge in [-0.05, 0) is 36.7 Å². The number of halogens is 2. The van der Waals surface area contributed by atoms with Gasteiger partial charge in [0, 0.05) is 18.4 Å². The van der Waals surface area contributed by atoms with Crippen LogP contribution in [-0.4, -0.2) is 12.0 Å². The van der Waals surface area contributed by atoms with Crippen LogP contribution in [0.25, 0.3) is 0 Å². The molecule has 1 aromatic carbocycles. The molecular formula is C14H14Cl2N2. The zero-order valence-corrected chi connectivity index (χ0v) is 11.5. The molecule has 0 fully saturated rings. The number of aromatic nitrogens is 1. The van der Waals surface area contributed by atoms with Crippen LogP contribution in [0.5, 0.6) is 0 Å². The quantitative estimate of drug-likeness (QED) is 0.919. The first-order chi connectivity index (χ1) is 8.72. The predicted molar refractivity (Wildman–Crippen MR) is 76.2 cm³/mol. The molecule has 0 bridgehead atoms. The van der Waals surface area contributed by atoms with E-state index in [0.717, 1.165) is 17.5 Å². The average Bonchev–Trinajstić information content (AvgIpc) is 2.41. The molecule has 1 atom stereocenters. The van der Waals surface area contributed by atoms with Crippen LogP contribution in [0.2, 0.25) is 10.0 Å². The molecule has 1 heterocycles. The van der Waals surface area contributed by atoms with Gasteiger partial charge in [-0.15, -0.1) is 0 Å². The Bertz CT molecular complexity index is 514. The van der Waals surface area contributed by atoms with Crippen molar-refractivity contribution in [1.29, 1.82) is 0 Å². The Kier molecular flexibility index (Phi) is 4.59. The van der Waals surface area contributed by atoms with Crippen LogP contribution in [0.15, 0.2) is 42.7 Å². The highest BCUT2D eigenvalue weighted by Gasteiger charge is 2.15. The Morgan fingerprint density at radius 2 is 2.06 bits per heavy atom. The van der Waals surface area contributed by atoms with Gasteiger partial charge < -0.3 is 5.32 Å². The van der Waals surface area contributed by atoms with Gasteiger partial charge in [-0.25, -0.2) is 0 Å². The lowest BCUT2D eigenvalue weighted by Gasteiger charge is -2.18. The zero-order valence-electron chi connectivity index (χ0n) is 10.0. The highest BCUT2D eigenvalue weighted by molar-refractivity contribution is 6.42. The Balaban J connectivity index is 2.26. The standard InChI is InChI=1S/C14H14Cl2N2/c1-17-13(8-10-4-3-7-18-9-10)11-5-2-6-12(15)14(11)16/h2-7,9,13,17H,8H2,1H3. The van der Waals surface area contributed by atoms with Crippen LogP contribution in [-0.2, 0) is 6.42 Å². The third-order valence-electron chi connectivity index (χ3n) is 2.87. The molecule has 0 amide bonds. The summed E-state index contributed by atoms with van der Waals surface area (Å²) < 4.78 is 0. The number of hydrogen-bond donors (Lipinski definition) is 1. The maximum atomic E-state index is 6.25. The second-order valence-electron chi connectivity index (χ2n) is 4.05. The highest BCUT2D eigenvalue weighted by atomic mass is 35.5. The van der Waals surface area contributed by atoms with Gasteiger partial charge in [-0.1, -0.05) is 41.4 Å². The van der Waals surface area contributed by atoms with E-state index in [9.17, 15) is 0 Å². The first-order valence-corrected chi connectivity index (χ1v) is 6.48. The van der Waals surface area contributed by atoms with Gasteiger partial charge in [0.05, 0.1) is 10.0 Å². The largest absolute Gasteiger partial charge is 0.313 e. The molecule has 0 aliphatic carbocycles. The van der Waals surface area contributed by atoms with Gasteiger partial charge in [-0.2, -0.15) is 0 Å². The molecule has 1 unspecified atom stereocenters. The summed E-state index contributed by atoms with van der Waals surface area (Å²) >= 11 is 12.3. The molecule has 0 radical (unpaired) electrons. The van der Waals surface area contributed by atoms with Gasteiger partial charge >= 0.3 is 0 Å². The summed E-state index contributed by atoms with van der Waals surface area (Å²) in [5.74, 6) is 0. The molecule has 1 aromatic heterocycles. The van der Waals surface area contributed by atoms with E-state index in [1.165, 1.54) is 0 Å². The Labute approximate surface area is 117 Å². The number of rotatable bonds is 4. The van der Waals surface area contributed by atoms with E-state index in [-0.39, 0.29) is 6.04 Å². The van der Waals surface area contributed by atoms with E-state index in [0.29, 0.717) is 10.0 Å². The second kappa shape index (κ2) is 6.19. The van der Waals surface area contributed by atoms with Crippen LogP contribution in [0, 0.1) is 0 Å². The van der Waals surface area contributed by atoms with E-state index in [4.69, 9.17) is 23.2 Å². The fourth-order valence-corrected chi connectivity index (χ4v) is 2.35. The molecule has 18 heavy (non-hydrogen) atoms. The summed E-state index contributed by atoms with van der Waals surface area (Å²) in [7, 11) is 1.91. The number of nitrogens with zero attached hydrogens (tertiary/aromatic N) is 1. The normalized spacial score (nSPS) is 12.4. The third-order valence-corrected chi connectivity index (χ3v) is 3.70. The van der Waals surface area contributed by atoms with Gasteiger partial charge in [0.2, 0.25) is 0 Å². The number of hydrogen-bond acceptors (Lipinski definition) is 2. The lowest BCUT2D eigenvalue weighted by atomic mass is 10.00. The van der Waals surface area contributed by atoms with Gasteiger partial charge in [0.25, 0.3) is 0 Å². The number of pyridine rings is 1. The minimum absolute atomic E-state index is 0.125. The Hall–Kier alpha value is -1.09. The monoisotopic (exact) mass is 280 g/mol. The van der Waals surface area contributed by atoms with E-state index >= 15 is 0 Å². The minimum atomic E-state index is 0.125. The fraction of sp³-hybridized carbons (Fsp3) is 0.214. The average molecular weight is 281 g/mol. The molecule has 0 aliphatic heterocycles. The summed E-state index contributed by atoms with van der Waals surface area (Å²) in [5.41, 5.74) is 2.17. The van der Waals surface area contributed by atoms with Gasteiger partial charge in [0.15, 0.2) is 0 Å². The van der Waals surface area contributed by atoms with Crippen LogP contribution < -0.4 is 5.32 Å². The second-order valence-corrected chi connectivity index (χ2v) is 4.83. The van der Waals surface area contributed by atoms with Crippen LogP contribution >= 0.6 is 23.2 Å². The SMILES string of the molecule is CNC(Cc1cccnc1)c1cccc(Cl)c1Cl. The molecule has 94 valence electrons. The molecule has 4 heteroatoms. The van der Waals surface area contributed by atoms with Crippen LogP contribution in [0.3, 0.4) is 0 Å². The lowest BCUT2D eigenvalue weighted by molar-refractivity contribution is 0.591. The summed E-state index contributed by atoms with van der Waals surface area (Å²) in [5, 5.41) is 4.46. The Morgan fingerprint density at radius 1 is 1.22 bits per heavy atom. The van der Waals surface area contributed by atoms with Crippen molar-refractivity contribution in [3.63, 3.8) is 0 Å². The molecular weight excluding hydrogens is 267 g/mol. The number of benzene rings is 1. The van der Waals surface area contributed by atoms with Crippen molar-refractivity contribution in [2.45, 2.75) is 12.5 Å². The van der Waals surface area contributed by atoms with Crippen LogP contribution in [0.1, 0.15) is 17.2 Å². The predicted octanol–water partition coefficient (Wildman–Crippen LogP) is 3.89. The summed E-state index contributed by atoms with van der Waals surface area (Å²) in [6.07, 6.45) is 4.46. The molecule has 0 spiro atoms. The van der Waals surface area contributed by atoms with E-state index in [1.807, 2.05) is 31.4 Å².